The molecule has 0 saturated heterocycles. The molecule has 79 heavy (non-hydrogen) atoms. The predicted octanol–water partition coefficient (Wildman–Crippen LogP) is 24.5. The first-order chi connectivity index (χ1) is 38.4. The van der Waals surface area contributed by atoms with Gasteiger partial charge in [0.2, 0.25) is 0 Å². The van der Waals surface area contributed by atoms with Gasteiger partial charge < -0.3 is 0 Å². The van der Waals surface area contributed by atoms with Gasteiger partial charge in [0.25, 0.3) is 0 Å². The second-order valence-electron chi connectivity index (χ2n) is 22.4. The zero-order chi connectivity index (χ0) is 55.7. The van der Waals surface area contributed by atoms with Gasteiger partial charge in [-0.15, -0.1) is 68.0 Å². The van der Waals surface area contributed by atoms with Crippen molar-refractivity contribution in [1.29, 1.82) is 0 Å². The number of aryl methyl sites for hydroxylation is 2. The van der Waals surface area contributed by atoms with Crippen LogP contribution in [0.3, 0.4) is 0 Å². The van der Waals surface area contributed by atoms with Gasteiger partial charge >= 0.3 is 0 Å². The number of hydrogen-bond donors (Lipinski definition) is 0. The van der Waals surface area contributed by atoms with Crippen molar-refractivity contribution in [2.24, 2.45) is 17.8 Å². The van der Waals surface area contributed by atoms with Crippen LogP contribution in [0.15, 0.2) is 48.5 Å². The maximum Gasteiger partial charge on any atom is 0.170 e. The Labute approximate surface area is 491 Å². The highest BCUT2D eigenvalue weighted by Crippen LogP contribution is 2.55. The highest BCUT2D eigenvalue weighted by Gasteiger charge is 2.30. The van der Waals surface area contributed by atoms with E-state index in [2.05, 4.69) is 60.6 Å². The number of hydrogen-bond acceptors (Lipinski definition) is 8. The zero-order valence-corrected chi connectivity index (χ0v) is 52.8. The predicted molar refractivity (Wildman–Crippen MR) is 341 cm³/mol. The molecule has 0 saturated carbocycles. The Balaban J connectivity index is 1.17. The van der Waals surface area contributed by atoms with E-state index < -0.39 is 11.6 Å². The lowest BCUT2D eigenvalue weighted by Crippen LogP contribution is -2.14. The molecule has 13 heteroatoms. The second kappa shape index (κ2) is 28.0. The molecule has 0 aliphatic heterocycles. The van der Waals surface area contributed by atoms with E-state index in [0.29, 0.717) is 57.9 Å². The smallest absolute Gasteiger partial charge is 0.170 e. The first-order valence-electron chi connectivity index (χ1n) is 29.9. The number of benzene rings is 2. The van der Waals surface area contributed by atoms with Crippen LogP contribution in [0.5, 0.6) is 0 Å². The molecule has 3 nitrogen and oxygen atoms in total. The van der Waals surface area contributed by atoms with Crippen molar-refractivity contribution in [3.05, 3.63) is 91.3 Å². The molecule has 3 unspecified atom stereocenters. The molecule has 7 heterocycles. The summed E-state index contributed by atoms with van der Waals surface area (Å²) in [4.78, 5) is 10.4. The SMILES string of the molecule is CCCCCCCCC(CCCCCC)Cn1nc2c(-c3ccc(C)s3)c(F)c(F)c(-c3ccc(-c4cc5c(-c6cc(F)c(CC(CC)CCCC)s6)c6sc(C)cc6c(-c6cc(F)c(CC(CC)CCCC)s6)c5s4)s3)c2n1. The molecule has 0 fully saturated rings. The van der Waals surface area contributed by atoms with E-state index in [1.807, 2.05) is 31.2 Å². The van der Waals surface area contributed by atoms with Gasteiger partial charge in [0.05, 0.1) is 17.7 Å². The summed E-state index contributed by atoms with van der Waals surface area (Å²) in [5.74, 6) is -0.933. The molecule has 424 valence electrons. The maximum absolute atomic E-state index is 17.3. The molecular formula is C66H81F4N3S6. The van der Waals surface area contributed by atoms with Crippen molar-refractivity contribution in [2.45, 2.75) is 203 Å². The molecule has 9 rings (SSSR count). The standard InChI is InChI=1S/C66H81F4N3S6/c1-9-15-19-21-22-24-28-44(27-23-20-16-10-2)39-73-71-63-59(50-30-29-40(7)74-50)61(69)62(70)60(64(63)72-73)51-32-31-49(76-51)54-36-46-58(56-38-48(68)53(78-56)35-43(14-6)26-18-12-4)65-45(33-41(8)75-65)57(66(46)79-54)55-37-47(67)52(77-55)34-42(13-5)25-17-11-3/h29-33,36-38,42-44H,9-28,34-35,39H2,1-8H3. The Morgan fingerprint density at radius 2 is 0.886 bits per heavy atom. The summed E-state index contributed by atoms with van der Waals surface area (Å²) >= 11 is 9.38. The van der Waals surface area contributed by atoms with Gasteiger partial charge in [-0.05, 0) is 106 Å². The largest absolute Gasteiger partial charge is 0.206 e. The lowest BCUT2D eigenvalue weighted by atomic mass is 9.94. The fraction of sp³-hybridized carbons (Fsp3) is 0.515. The zero-order valence-electron chi connectivity index (χ0n) is 47.9. The van der Waals surface area contributed by atoms with Crippen LogP contribution < -0.4 is 0 Å². The number of nitrogens with zero attached hydrogens (tertiary/aromatic N) is 3. The van der Waals surface area contributed by atoms with Crippen molar-refractivity contribution >= 4 is 99.2 Å². The van der Waals surface area contributed by atoms with Crippen molar-refractivity contribution in [3.63, 3.8) is 0 Å². The van der Waals surface area contributed by atoms with E-state index in [0.717, 1.165) is 147 Å². The van der Waals surface area contributed by atoms with Crippen LogP contribution in [0, 0.1) is 54.9 Å². The third kappa shape index (κ3) is 13.7. The minimum absolute atomic E-state index is 0.137. The Hall–Kier alpha value is -3.72. The highest BCUT2D eigenvalue weighted by atomic mass is 32.1. The van der Waals surface area contributed by atoms with E-state index in [1.165, 1.54) is 74.0 Å². The van der Waals surface area contributed by atoms with Gasteiger partial charge in [0.15, 0.2) is 11.6 Å². The summed E-state index contributed by atoms with van der Waals surface area (Å²) in [7, 11) is 0. The van der Waals surface area contributed by atoms with E-state index >= 15 is 17.6 Å². The number of thiophene rings is 6. The summed E-state index contributed by atoms with van der Waals surface area (Å²) < 4.78 is 69.2. The second-order valence-corrected chi connectivity index (χ2v) is 29.3. The van der Waals surface area contributed by atoms with Gasteiger partial charge in [0.1, 0.15) is 22.7 Å². The monoisotopic (exact) mass is 1180 g/mol. The number of fused-ring (bicyclic) bond motifs is 3. The molecule has 0 radical (unpaired) electrons. The van der Waals surface area contributed by atoms with Gasteiger partial charge in [-0.3, -0.25) is 0 Å². The van der Waals surface area contributed by atoms with E-state index in [1.54, 1.807) is 62.3 Å². The number of halogens is 4. The molecular weight excluding hydrogens is 1100 g/mol. The van der Waals surface area contributed by atoms with E-state index in [9.17, 15) is 0 Å². The third-order valence-electron chi connectivity index (χ3n) is 16.3. The average molecular weight is 1180 g/mol. The number of aromatic nitrogens is 3. The molecule has 3 atom stereocenters. The minimum atomic E-state index is -0.917. The first-order valence-corrected chi connectivity index (χ1v) is 34.8. The Bertz CT molecular complexity index is 3320. The van der Waals surface area contributed by atoms with Crippen LogP contribution in [0.4, 0.5) is 17.6 Å². The molecule has 7 aromatic heterocycles. The van der Waals surface area contributed by atoms with Crippen molar-refractivity contribution < 1.29 is 17.6 Å². The molecule has 0 spiro atoms. The molecule has 0 aliphatic carbocycles. The molecule has 9 aromatic rings. The molecule has 0 amide bonds. The van der Waals surface area contributed by atoms with E-state index in [-0.39, 0.29) is 22.8 Å². The van der Waals surface area contributed by atoms with Gasteiger partial charge in [-0.2, -0.15) is 15.0 Å². The highest BCUT2D eigenvalue weighted by molar-refractivity contribution is 7.28. The molecule has 0 bridgehead atoms. The third-order valence-corrected chi connectivity index (χ3v) is 23.2. The van der Waals surface area contributed by atoms with Crippen LogP contribution in [0.25, 0.3) is 82.7 Å². The normalized spacial score (nSPS) is 13.3. The fourth-order valence-electron chi connectivity index (χ4n) is 11.7. The molecule has 0 aliphatic rings. The van der Waals surface area contributed by atoms with Gasteiger partial charge in [0, 0.05) is 80.1 Å². The Morgan fingerprint density at radius 1 is 0.418 bits per heavy atom. The van der Waals surface area contributed by atoms with Crippen LogP contribution >= 0.6 is 68.0 Å². The van der Waals surface area contributed by atoms with E-state index in [4.69, 9.17) is 10.2 Å². The fourth-order valence-corrected chi connectivity index (χ4v) is 18.6. The average Bonchev–Trinajstić information content (AvgIpc) is 4.41. The van der Waals surface area contributed by atoms with Crippen molar-refractivity contribution in [1.82, 2.24) is 15.0 Å². The Morgan fingerprint density at radius 3 is 1.42 bits per heavy atom. The van der Waals surface area contributed by atoms with Crippen LogP contribution in [0.2, 0.25) is 0 Å². The quantitative estimate of drug-likeness (QED) is 0.0320. The number of rotatable bonds is 31. The van der Waals surface area contributed by atoms with Gasteiger partial charge in [-0.25, -0.2) is 17.6 Å². The number of unbranched alkanes of at least 4 members (excludes halogenated alkanes) is 10. The topological polar surface area (TPSA) is 30.7 Å². The first kappa shape index (κ1) is 59.9. The van der Waals surface area contributed by atoms with Crippen molar-refractivity contribution in [2.75, 3.05) is 0 Å². The minimum Gasteiger partial charge on any atom is -0.206 e. The summed E-state index contributed by atoms with van der Waals surface area (Å²) in [5, 5.41) is 12.3. The lowest BCUT2D eigenvalue weighted by molar-refractivity contribution is 0.327. The maximum atomic E-state index is 17.3. The van der Waals surface area contributed by atoms with Gasteiger partial charge in [-0.1, -0.05) is 157 Å². The molecule has 2 aromatic carbocycles. The summed E-state index contributed by atoms with van der Waals surface area (Å²) in [5.41, 5.74) is 3.09. The summed E-state index contributed by atoms with van der Waals surface area (Å²) in [6.45, 7) is 18.0. The van der Waals surface area contributed by atoms with Crippen LogP contribution in [-0.2, 0) is 19.4 Å². The van der Waals surface area contributed by atoms with Crippen LogP contribution in [0.1, 0.15) is 189 Å². The summed E-state index contributed by atoms with van der Waals surface area (Å²) in [6, 6.07) is 15.7. The van der Waals surface area contributed by atoms with Crippen molar-refractivity contribution in [3.8, 4) is 51.5 Å². The molecule has 0 N–H and O–H groups in total. The lowest BCUT2D eigenvalue weighted by Gasteiger charge is -2.16. The van der Waals surface area contributed by atoms with Crippen LogP contribution in [-0.4, -0.2) is 15.0 Å². The summed E-state index contributed by atoms with van der Waals surface area (Å²) in [6.07, 6.45) is 24.4. The Kier molecular flexibility index (Phi) is 21.3.